The van der Waals surface area contributed by atoms with Gasteiger partial charge in [0.15, 0.2) is 0 Å². The summed E-state index contributed by atoms with van der Waals surface area (Å²) in [5.74, 6) is -0.472. The van der Waals surface area contributed by atoms with E-state index in [4.69, 9.17) is 4.74 Å². The van der Waals surface area contributed by atoms with Crippen LogP contribution in [-0.2, 0) is 9.53 Å². The molecule has 5 heteroatoms. The average Bonchev–Trinajstić information content (AvgIpc) is 2.36. The third kappa shape index (κ3) is 5.52. The van der Waals surface area contributed by atoms with Crippen molar-refractivity contribution >= 4 is 17.6 Å². The van der Waals surface area contributed by atoms with Crippen molar-refractivity contribution in [2.24, 2.45) is 0 Å². The maximum Gasteiger partial charge on any atom is 0.338 e. The van der Waals surface area contributed by atoms with E-state index in [9.17, 15) is 9.59 Å². The molecule has 1 amide bonds. The summed E-state index contributed by atoms with van der Waals surface area (Å²) in [5, 5.41) is 5.66. The summed E-state index contributed by atoms with van der Waals surface area (Å²) in [6, 6.07) is 6.63. The van der Waals surface area contributed by atoms with E-state index < -0.39 is 0 Å². The molecule has 0 saturated heterocycles. The van der Waals surface area contributed by atoms with Crippen LogP contribution in [0.3, 0.4) is 0 Å². The predicted molar refractivity (Wildman–Crippen MR) is 74.2 cm³/mol. The Morgan fingerprint density at radius 3 is 2.37 bits per heavy atom. The Labute approximate surface area is 113 Å². The minimum absolute atomic E-state index is 0.112. The van der Waals surface area contributed by atoms with Gasteiger partial charge in [-0.2, -0.15) is 0 Å². The van der Waals surface area contributed by atoms with E-state index in [-0.39, 0.29) is 24.5 Å². The lowest BCUT2D eigenvalue weighted by molar-refractivity contribution is -0.115. The molecule has 0 fully saturated rings. The number of anilines is 1. The van der Waals surface area contributed by atoms with Gasteiger partial charge < -0.3 is 15.4 Å². The van der Waals surface area contributed by atoms with Crippen LogP contribution in [0.25, 0.3) is 0 Å². The smallest absolute Gasteiger partial charge is 0.338 e. The Balaban J connectivity index is 2.56. The molecule has 1 rings (SSSR count). The minimum atomic E-state index is -0.361. The van der Waals surface area contributed by atoms with Crippen molar-refractivity contribution in [1.29, 1.82) is 0 Å². The van der Waals surface area contributed by atoms with Gasteiger partial charge in [0.25, 0.3) is 0 Å². The number of carbonyl (C=O) groups is 2. The lowest BCUT2D eigenvalue weighted by Crippen LogP contribution is -2.27. The van der Waals surface area contributed by atoms with E-state index in [2.05, 4.69) is 10.6 Å². The van der Waals surface area contributed by atoms with Crippen molar-refractivity contribution < 1.29 is 14.3 Å². The Bertz CT molecular complexity index is 427. The second-order valence-corrected chi connectivity index (χ2v) is 4.36. The normalized spacial score (nSPS) is 10.3. The number of likely N-dealkylation sites (N-methyl/N-ethyl adjacent to an activating group) is 1. The van der Waals surface area contributed by atoms with Gasteiger partial charge in [0.05, 0.1) is 18.2 Å². The van der Waals surface area contributed by atoms with Gasteiger partial charge in [-0.1, -0.05) is 6.92 Å². The van der Waals surface area contributed by atoms with Crippen LogP contribution in [-0.4, -0.2) is 31.1 Å². The van der Waals surface area contributed by atoms with Crippen LogP contribution in [0, 0.1) is 0 Å². The minimum Gasteiger partial charge on any atom is -0.459 e. The SMILES string of the molecule is CCNCC(=O)Nc1ccc(C(=O)OC(C)C)cc1. The van der Waals surface area contributed by atoms with Crippen LogP contribution in [0.5, 0.6) is 0 Å². The van der Waals surface area contributed by atoms with E-state index in [0.29, 0.717) is 11.3 Å². The predicted octanol–water partition coefficient (Wildman–Crippen LogP) is 1.80. The van der Waals surface area contributed by atoms with Gasteiger partial charge in [-0.15, -0.1) is 0 Å². The number of hydrogen-bond donors (Lipinski definition) is 2. The summed E-state index contributed by atoms with van der Waals surface area (Å²) in [6.45, 7) is 6.55. The van der Waals surface area contributed by atoms with Gasteiger partial charge >= 0.3 is 5.97 Å². The highest BCUT2D eigenvalue weighted by Crippen LogP contribution is 2.11. The maximum absolute atomic E-state index is 11.6. The number of ether oxygens (including phenoxy) is 1. The molecule has 0 saturated carbocycles. The summed E-state index contributed by atoms with van der Waals surface area (Å²) < 4.78 is 5.07. The van der Waals surface area contributed by atoms with E-state index >= 15 is 0 Å². The largest absolute Gasteiger partial charge is 0.459 e. The number of hydrogen-bond acceptors (Lipinski definition) is 4. The first-order valence-corrected chi connectivity index (χ1v) is 6.34. The quantitative estimate of drug-likeness (QED) is 0.769. The Kier molecular flexibility index (Phi) is 6.02. The van der Waals surface area contributed by atoms with Crippen molar-refractivity contribution in [2.45, 2.75) is 26.9 Å². The second kappa shape index (κ2) is 7.53. The molecule has 0 radical (unpaired) electrons. The molecule has 1 aromatic carbocycles. The van der Waals surface area contributed by atoms with Crippen LogP contribution in [0.2, 0.25) is 0 Å². The van der Waals surface area contributed by atoms with Crippen molar-refractivity contribution in [2.75, 3.05) is 18.4 Å². The van der Waals surface area contributed by atoms with Gasteiger partial charge in [-0.3, -0.25) is 4.79 Å². The fraction of sp³-hybridized carbons (Fsp3) is 0.429. The molecule has 1 aromatic rings. The van der Waals surface area contributed by atoms with E-state index in [1.807, 2.05) is 6.92 Å². The lowest BCUT2D eigenvalue weighted by atomic mass is 10.2. The number of nitrogens with one attached hydrogen (secondary N) is 2. The molecule has 0 heterocycles. The Morgan fingerprint density at radius 1 is 1.21 bits per heavy atom. The molecule has 0 aliphatic carbocycles. The van der Waals surface area contributed by atoms with Crippen LogP contribution in [0.1, 0.15) is 31.1 Å². The topological polar surface area (TPSA) is 67.4 Å². The molecular weight excluding hydrogens is 244 g/mol. The van der Waals surface area contributed by atoms with Gasteiger partial charge in [0, 0.05) is 5.69 Å². The number of carbonyl (C=O) groups excluding carboxylic acids is 2. The van der Waals surface area contributed by atoms with Gasteiger partial charge in [0.2, 0.25) is 5.91 Å². The fourth-order valence-electron chi connectivity index (χ4n) is 1.42. The van der Waals surface area contributed by atoms with E-state index in [1.54, 1.807) is 38.1 Å². The molecule has 2 N–H and O–H groups in total. The van der Waals surface area contributed by atoms with Crippen LogP contribution < -0.4 is 10.6 Å². The molecule has 0 aliphatic rings. The molecular formula is C14H20N2O3. The van der Waals surface area contributed by atoms with Crippen LogP contribution >= 0.6 is 0 Å². The van der Waals surface area contributed by atoms with E-state index in [0.717, 1.165) is 6.54 Å². The van der Waals surface area contributed by atoms with Gasteiger partial charge in [-0.25, -0.2) is 4.79 Å². The zero-order valence-corrected chi connectivity index (χ0v) is 11.5. The summed E-state index contributed by atoms with van der Waals surface area (Å²) in [5.41, 5.74) is 1.13. The molecule has 104 valence electrons. The highest BCUT2D eigenvalue weighted by Gasteiger charge is 2.09. The third-order valence-electron chi connectivity index (χ3n) is 2.28. The Morgan fingerprint density at radius 2 is 1.84 bits per heavy atom. The Hall–Kier alpha value is -1.88. The first-order valence-electron chi connectivity index (χ1n) is 6.34. The summed E-state index contributed by atoms with van der Waals surface area (Å²) in [6.07, 6.45) is -0.146. The molecule has 19 heavy (non-hydrogen) atoms. The monoisotopic (exact) mass is 264 g/mol. The summed E-state index contributed by atoms with van der Waals surface area (Å²) in [7, 11) is 0. The number of benzene rings is 1. The van der Waals surface area contributed by atoms with Crippen LogP contribution in [0.15, 0.2) is 24.3 Å². The second-order valence-electron chi connectivity index (χ2n) is 4.36. The third-order valence-corrected chi connectivity index (χ3v) is 2.28. The molecule has 0 atom stereocenters. The highest BCUT2D eigenvalue weighted by molar-refractivity contribution is 5.94. The number of esters is 1. The van der Waals surface area contributed by atoms with Crippen LogP contribution in [0.4, 0.5) is 5.69 Å². The number of amides is 1. The molecule has 5 nitrogen and oxygen atoms in total. The molecule has 0 aliphatic heterocycles. The first-order chi connectivity index (χ1) is 9.02. The fourth-order valence-corrected chi connectivity index (χ4v) is 1.42. The van der Waals surface area contributed by atoms with Crippen molar-refractivity contribution in [3.8, 4) is 0 Å². The van der Waals surface area contributed by atoms with Crippen molar-refractivity contribution in [1.82, 2.24) is 5.32 Å². The highest BCUT2D eigenvalue weighted by atomic mass is 16.5. The summed E-state index contributed by atoms with van der Waals surface area (Å²) >= 11 is 0. The first kappa shape index (κ1) is 15.2. The van der Waals surface area contributed by atoms with Crippen molar-refractivity contribution in [3.05, 3.63) is 29.8 Å². The molecule has 0 spiro atoms. The average molecular weight is 264 g/mol. The molecule has 0 unspecified atom stereocenters. The van der Waals surface area contributed by atoms with Crippen molar-refractivity contribution in [3.63, 3.8) is 0 Å². The standard InChI is InChI=1S/C14H20N2O3/c1-4-15-9-13(17)16-12-7-5-11(6-8-12)14(18)19-10(2)3/h5-8,10,15H,4,9H2,1-3H3,(H,16,17). The maximum atomic E-state index is 11.6. The van der Waals surface area contributed by atoms with Gasteiger partial charge in [0.1, 0.15) is 0 Å². The molecule has 0 aromatic heterocycles. The van der Waals surface area contributed by atoms with E-state index in [1.165, 1.54) is 0 Å². The lowest BCUT2D eigenvalue weighted by Gasteiger charge is -2.09. The zero-order chi connectivity index (χ0) is 14.3. The zero-order valence-electron chi connectivity index (χ0n) is 11.5. The summed E-state index contributed by atoms with van der Waals surface area (Å²) in [4.78, 5) is 23.1. The number of rotatable bonds is 6. The van der Waals surface area contributed by atoms with Gasteiger partial charge in [-0.05, 0) is 44.7 Å². The molecule has 0 bridgehead atoms.